The monoisotopic (exact) mass is 488 g/mol. The fourth-order valence-electron chi connectivity index (χ4n) is 3.98. The van der Waals surface area contributed by atoms with Gasteiger partial charge in [0.05, 0.1) is 22.8 Å². The molecule has 2 heterocycles. The van der Waals surface area contributed by atoms with Crippen LogP contribution in [0, 0.1) is 0 Å². The molecule has 3 aromatic carbocycles. The highest BCUT2D eigenvalue weighted by Crippen LogP contribution is 2.43. The molecule has 162 valence electrons. The second-order valence-corrected chi connectivity index (χ2v) is 10.1. The summed E-state index contributed by atoms with van der Waals surface area (Å²) in [5.74, 6) is 0.819. The Kier molecular flexibility index (Phi) is 4.78. The lowest BCUT2D eigenvalue weighted by Gasteiger charge is -2.29. The minimum Gasteiger partial charge on any atom is -0.464 e. The Morgan fingerprint density at radius 2 is 1.66 bits per heavy atom. The molecule has 6 heteroatoms. The lowest BCUT2D eigenvalue weighted by Crippen LogP contribution is -2.23. The molecule has 0 spiro atoms. The summed E-state index contributed by atoms with van der Waals surface area (Å²) in [5, 5.41) is 4.93. The van der Waals surface area contributed by atoms with E-state index < -0.39 is 0 Å². The molecule has 1 aromatic heterocycles. The average molecular weight is 489 g/mol. The largest absolute Gasteiger partial charge is 0.464 e. The first kappa shape index (κ1) is 20.6. The van der Waals surface area contributed by atoms with Crippen molar-refractivity contribution in [1.29, 1.82) is 0 Å². The molecule has 0 bridgehead atoms. The van der Waals surface area contributed by atoms with E-state index >= 15 is 0 Å². The van der Waals surface area contributed by atoms with Gasteiger partial charge in [-0.2, -0.15) is 5.10 Å². The van der Waals surface area contributed by atoms with Crippen LogP contribution < -0.4 is 16.2 Å². The molecule has 5 nitrogen and oxygen atoms in total. The number of hydrogen-bond donors (Lipinski definition) is 2. The normalized spacial score (nSPS) is 15.1. The molecular formula is C26H25BrN4O. The van der Waals surface area contributed by atoms with Gasteiger partial charge >= 0.3 is 0 Å². The number of ether oxygens (including phenoxy) is 1. The molecule has 0 fully saturated rings. The van der Waals surface area contributed by atoms with Crippen LogP contribution in [0.3, 0.4) is 0 Å². The van der Waals surface area contributed by atoms with E-state index in [-0.39, 0.29) is 11.6 Å². The predicted octanol–water partition coefficient (Wildman–Crippen LogP) is 6.38. The van der Waals surface area contributed by atoms with E-state index in [0.717, 1.165) is 38.3 Å². The molecular weight excluding hydrogens is 464 g/mol. The Morgan fingerprint density at radius 3 is 2.34 bits per heavy atom. The van der Waals surface area contributed by atoms with Gasteiger partial charge in [-0.3, -0.25) is 0 Å². The SMILES string of the molecule is CC(C)(C)c1ccc(C2Oc3cc(Br)ccc3-c3cc(-c4ccc(N)c(N)c4)nn32)cc1. The standard InChI is InChI=1S/C26H25BrN4O/c1-26(2,3)17-7-4-15(5-8-17)25-31-23(19-10-9-18(27)13-24(19)32-25)14-22(30-31)16-6-11-20(28)21(29)12-16/h4-14,25H,28-29H2,1-3H3. The van der Waals surface area contributed by atoms with E-state index in [1.54, 1.807) is 0 Å². The van der Waals surface area contributed by atoms with Crippen LogP contribution in [-0.4, -0.2) is 9.78 Å². The van der Waals surface area contributed by atoms with Gasteiger partial charge in [-0.25, -0.2) is 4.68 Å². The van der Waals surface area contributed by atoms with Crippen molar-refractivity contribution in [3.63, 3.8) is 0 Å². The van der Waals surface area contributed by atoms with E-state index in [4.69, 9.17) is 21.3 Å². The molecule has 0 saturated heterocycles. The molecule has 0 aliphatic carbocycles. The maximum absolute atomic E-state index is 6.47. The molecule has 1 atom stereocenters. The van der Waals surface area contributed by atoms with E-state index in [2.05, 4.69) is 67.0 Å². The number of fused-ring (bicyclic) bond motifs is 3. The zero-order valence-corrected chi connectivity index (χ0v) is 19.8. The number of anilines is 2. The number of nitrogens with two attached hydrogens (primary N) is 2. The number of rotatable bonds is 2. The van der Waals surface area contributed by atoms with Gasteiger partial charge in [0.2, 0.25) is 6.23 Å². The lowest BCUT2D eigenvalue weighted by molar-refractivity contribution is 0.153. The van der Waals surface area contributed by atoms with Crippen LogP contribution in [0.5, 0.6) is 5.75 Å². The summed E-state index contributed by atoms with van der Waals surface area (Å²) in [4.78, 5) is 0. The number of nitrogens with zero attached hydrogens (tertiary/aromatic N) is 2. The maximum Gasteiger partial charge on any atom is 0.218 e. The van der Waals surface area contributed by atoms with Crippen LogP contribution in [-0.2, 0) is 5.41 Å². The van der Waals surface area contributed by atoms with Crippen molar-refractivity contribution in [1.82, 2.24) is 9.78 Å². The van der Waals surface area contributed by atoms with Crippen molar-refractivity contribution < 1.29 is 4.74 Å². The Labute approximate surface area is 196 Å². The highest BCUT2D eigenvalue weighted by molar-refractivity contribution is 9.10. The van der Waals surface area contributed by atoms with Gasteiger partial charge in [-0.15, -0.1) is 0 Å². The summed E-state index contributed by atoms with van der Waals surface area (Å²) in [5.41, 5.74) is 19.2. The van der Waals surface area contributed by atoms with Gasteiger partial charge in [0, 0.05) is 21.2 Å². The van der Waals surface area contributed by atoms with Crippen molar-refractivity contribution in [3.05, 3.63) is 82.3 Å². The van der Waals surface area contributed by atoms with Crippen molar-refractivity contribution in [3.8, 4) is 28.3 Å². The Hall–Kier alpha value is -3.25. The van der Waals surface area contributed by atoms with Crippen LogP contribution >= 0.6 is 15.9 Å². The van der Waals surface area contributed by atoms with Crippen molar-refractivity contribution in [2.45, 2.75) is 32.4 Å². The second kappa shape index (κ2) is 7.41. The summed E-state index contributed by atoms with van der Waals surface area (Å²) in [6.45, 7) is 6.63. The van der Waals surface area contributed by atoms with Crippen LogP contribution in [0.4, 0.5) is 11.4 Å². The number of nitrogen functional groups attached to an aromatic ring is 2. The number of benzene rings is 3. The third-order valence-corrected chi connectivity index (χ3v) is 6.35. The molecule has 32 heavy (non-hydrogen) atoms. The summed E-state index contributed by atoms with van der Waals surface area (Å²) in [6.07, 6.45) is -0.374. The zero-order valence-electron chi connectivity index (χ0n) is 18.3. The first-order valence-corrected chi connectivity index (χ1v) is 11.3. The summed E-state index contributed by atoms with van der Waals surface area (Å²) >= 11 is 3.57. The van der Waals surface area contributed by atoms with Crippen molar-refractivity contribution in [2.75, 3.05) is 11.5 Å². The van der Waals surface area contributed by atoms with E-state index in [1.165, 1.54) is 5.56 Å². The number of halogens is 1. The van der Waals surface area contributed by atoms with Gasteiger partial charge in [0.15, 0.2) is 0 Å². The fraction of sp³-hybridized carbons (Fsp3) is 0.192. The van der Waals surface area contributed by atoms with Crippen LogP contribution in [0.25, 0.3) is 22.5 Å². The highest BCUT2D eigenvalue weighted by Gasteiger charge is 2.29. The third kappa shape index (κ3) is 3.54. The average Bonchev–Trinajstić information content (AvgIpc) is 3.20. The van der Waals surface area contributed by atoms with Crippen LogP contribution in [0.1, 0.15) is 38.1 Å². The first-order valence-electron chi connectivity index (χ1n) is 10.5. The number of hydrogen-bond acceptors (Lipinski definition) is 4. The Balaban J connectivity index is 1.65. The summed E-state index contributed by atoms with van der Waals surface area (Å²) in [6, 6.07) is 22.3. The van der Waals surface area contributed by atoms with Gasteiger partial charge in [-0.1, -0.05) is 67.0 Å². The van der Waals surface area contributed by atoms with E-state index in [9.17, 15) is 0 Å². The van der Waals surface area contributed by atoms with E-state index in [0.29, 0.717) is 11.4 Å². The maximum atomic E-state index is 6.47. The fourth-order valence-corrected chi connectivity index (χ4v) is 4.32. The number of aromatic nitrogens is 2. The van der Waals surface area contributed by atoms with Crippen LogP contribution in [0.2, 0.25) is 0 Å². The Morgan fingerprint density at radius 1 is 0.906 bits per heavy atom. The smallest absolute Gasteiger partial charge is 0.218 e. The first-order chi connectivity index (χ1) is 15.2. The molecule has 1 aliphatic heterocycles. The molecule has 4 N–H and O–H groups in total. The topological polar surface area (TPSA) is 79.1 Å². The molecule has 1 unspecified atom stereocenters. The van der Waals surface area contributed by atoms with E-state index in [1.807, 2.05) is 41.1 Å². The lowest BCUT2D eigenvalue weighted by atomic mass is 9.86. The van der Waals surface area contributed by atoms with Crippen molar-refractivity contribution in [2.24, 2.45) is 0 Å². The summed E-state index contributed by atoms with van der Waals surface area (Å²) < 4.78 is 9.39. The molecule has 4 aromatic rings. The zero-order chi connectivity index (χ0) is 22.6. The minimum atomic E-state index is -0.374. The Bertz CT molecular complexity index is 1320. The molecule has 0 amide bonds. The highest BCUT2D eigenvalue weighted by atomic mass is 79.9. The van der Waals surface area contributed by atoms with Gasteiger partial charge in [-0.05, 0) is 47.4 Å². The van der Waals surface area contributed by atoms with Crippen molar-refractivity contribution >= 4 is 27.3 Å². The summed E-state index contributed by atoms with van der Waals surface area (Å²) in [7, 11) is 0. The molecule has 0 saturated carbocycles. The minimum absolute atomic E-state index is 0.0858. The molecule has 5 rings (SSSR count). The molecule has 0 radical (unpaired) electrons. The molecule has 1 aliphatic rings. The quantitative estimate of drug-likeness (QED) is 0.320. The third-order valence-electron chi connectivity index (χ3n) is 5.86. The van der Waals surface area contributed by atoms with Gasteiger partial charge in [0.1, 0.15) is 5.75 Å². The van der Waals surface area contributed by atoms with Gasteiger partial charge in [0.25, 0.3) is 0 Å². The van der Waals surface area contributed by atoms with Crippen LogP contribution in [0.15, 0.2) is 71.2 Å². The van der Waals surface area contributed by atoms with Gasteiger partial charge < -0.3 is 16.2 Å². The second-order valence-electron chi connectivity index (χ2n) is 9.19. The predicted molar refractivity (Wildman–Crippen MR) is 134 cm³/mol.